The number of halogens is 3. The highest BCUT2D eigenvalue weighted by Gasteiger charge is 2.38. The highest BCUT2D eigenvalue weighted by molar-refractivity contribution is 5.93. The van der Waals surface area contributed by atoms with Gasteiger partial charge in [0.25, 0.3) is 0 Å². The lowest BCUT2D eigenvalue weighted by atomic mass is 9.93. The normalized spacial score (nSPS) is 12.8. The first-order valence-electron chi connectivity index (χ1n) is 7.89. The van der Waals surface area contributed by atoms with Crippen LogP contribution in [-0.2, 0) is 4.79 Å². The molecule has 0 heterocycles. The molecule has 0 saturated heterocycles. The van der Waals surface area contributed by atoms with Crippen molar-refractivity contribution >= 4 is 23.6 Å². The van der Waals surface area contributed by atoms with Gasteiger partial charge < -0.3 is 5.32 Å². The van der Waals surface area contributed by atoms with Crippen molar-refractivity contribution in [1.82, 2.24) is 5.32 Å². The quantitative estimate of drug-likeness (QED) is 0.688. The van der Waals surface area contributed by atoms with Crippen LogP contribution in [-0.4, -0.2) is 18.6 Å². The molecule has 0 fully saturated rings. The molecule has 0 aliphatic heterocycles. The van der Waals surface area contributed by atoms with E-state index in [-0.39, 0.29) is 6.54 Å². The Morgan fingerprint density at radius 1 is 0.920 bits per heavy atom. The summed E-state index contributed by atoms with van der Waals surface area (Å²) in [6, 6.07) is 15.7. The first-order valence-corrected chi connectivity index (χ1v) is 7.89. The molecule has 2 aromatic carbocycles. The van der Waals surface area contributed by atoms with E-state index in [0.717, 1.165) is 27.8 Å². The Balaban J connectivity index is 1.87. The van der Waals surface area contributed by atoms with Crippen molar-refractivity contribution in [3.05, 3.63) is 76.9 Å². The van der Waals surface area contributed by atoms with Gasteiger partial charge in [-0.1, -0.05) is 66.8 Å². The average Bonchev–Trinajstić information content (AvgIpc) is 2.75. The summed E-state index contributed by atoms with van der Waals surface area (Å²) < 4.78 is 36.7. The average molecular weight is 343 g/mol. The van der Waals surface area contributed by atoms with Crippen LogP contribution in [0.2, 0.25) is 0 Å². The third kappa shape index (κ3) is 3.82. The minimum atomic E-state index is -4.85. The van der Waals surface area contributed by atoms with Crippen molar-refractivity contribution < 1.29 is 18.0 Å². The molecule has 0 bridgehead atoms. The van der Waals surface area contributed by atoms with E-state index in [1.54, 1.807) is 0 Å². The number of alkyl halides is 3. The molecule has 1 amide bonds. The van der Waals surface area contributed by atoms with Gasteiger partial charge in [0, 0.05) is 6.54 Å². The van der Waals surface area contributed by atoms with Gasteiger partial charge in [0.1, 0.15) is 0 Å². The maximum absolute atomic E-state index is 12.2. The number of nitrogens with one attached hydrogen (secondary N) is 1. The van der Waals surface area contributed by atoms with Crippen LogP contribution in [0.4, 0.5) is 13.2 Å². The van der Waals surface area contributed by atoms with Crippen LogP contribution in [0, 0.1) is 0 Å². The minimum absolute atomic E-state index is 0.0698. The zero-order valence-electron chi connectivity index (χ0n) is 13.3. The van der Waals surface area contributed by atoms with E-state index in [4.69, 9.17) is 0 Å². The van der Waals surface area contributed by atoms with Crippen LogP contribution < -0.4 is 5.32 Å². The molecule has 0 unspecified atom stereocenters. The van der Waals surface area contributed by atoms with Crippen molar-refractivity contribution in [3.8, 4) is 0 Å². The van der Waals surface area contributed by atoms with Gasteiger partial charge >= 0.3 is 12.1 Å². The molecular weight excluding hydrogens is 327 g/mol. The maximum Gasteiger partial charge on any atom is 0.471 e. The van der Waals surface area contributed by atoms with E-state index in [1.165, 1.54) is 0 Å². The van der Waals surface area contributed by atoms with Gasteiger partial charge in [0.2, 0.25) is 0 Å². The zero-order valence-corrected chi connectivity index (χ0v) is 13.3. The molecule has 0 atom stereocenters. The smallest absolute Gasteiger partial charge is 0.348 e. The Hall–Kier alpha value is -2.82. The second kappa shape index (κ2) is 6.97. The molecule has 1 aliphatic rings. The Bertz CT molecular complexity index is 799. The molecular formula is C20H16F3NO. The van der Waals surface area contributed by atoms with Crippen molar-refractivity contribution in [2.24, 2.45) is 0 Å². The van der Waals surface area contributed by atoms with E-state index in [0.29, 0.717) is 6.42 Å². The van der Waals surface area contributed by atoms with E-state index in [1.807, 2.05) is 72.1 Å². The molecule has 2 aromatic rings. The lowest BCUT2D eigenvalue weighted by Crippen LogP contribution is -2.37. The number of amides is 1. The SMILES string of the molecule is O=C(NCCC=C1c2ccccc2C=Cc2ccccc21)C(F)(F)F. The topological polar surface area (TPSA) is 29.1 Å². The largest absolute Gasteiger partial charge is 0.471 e. The van der Waals surface area contributed by atoms with Crippen LogP contribution in [0.3, 0.4) is 0 Å². The summed E-state index contributed by atoms with van der Waals surface area (Å²) in [6.07, 6.45) is 1.39. The predicted molar refractivity (Wildman–Crippen MR) is 92.6 cm³/mol. The van der Waals surface area contributed by atoms with Gasteiger partial charge in [0.05, 0.1) is 0 Å². The molecule has 1 N–H and O–H groups in total. The Labute approximate surface area is 143 Å². The third-order valence-electron chi connectivity index (χ3n) is 3.98. The fraction of sp³-hybridized carbons (Fsp3) is 0.150. The van der Waals surface area contributed by atoms with Gasteiger partial charge in [-0.25, -0.2) is 0 Å². The zero-order chi connectivity index (χ0) is 17.9. The standard InChI is InChI=1S/C20H16F3NO/c21-20(22,23)19(25)24-13-5-10-18-16-8-3-1-6-14(16)11-12-15-7-2-4-9-17(15)18/h1-4,6-12H,5,13H2,(H,24,25). The summed E-state index contributed by atoms with van der Waals surface area (Å²) in [5, 5.41) is 1.90. The summed E-state index contributed by atoms with van der Waals surface area (Å²) in [4.78, 5) is 10.9. The van der Waals surface area contributed by atoms with Crippen molar-refractivity contribution in [2.75, 3.05) is 6.54 Å². The number of rotatable bonds is 3. The molecule has 25 heavy (non-hydrogen) atoms. The Morgan fingerprint density at radius 3 is 1.96 bits per heavy atom. The second-order valence-electron chi connectivity index (χ2n) is 5.67. The summed E-state index contributed by atoms with van der Waals surface area (Å²) in [7, 11) is 0. The fourth-order valence-corrected chi connectivity index (χ4v) is 2.82. The van der Waals surface area contributed by atoms with E-state index in [2.05, 4.69) is 0 Å². The number of carbonyl (C=O) groups excluding carboxylic acids is 1. The highest BCUT2D eigenvalue weighted by atomic mass is 19.4. The van der Waals surface area contributed by atoms with Crippen LogP contribution in [0.5, 0.6) is 0 Å². The molecule has 128 valence electrons. The van der Waals surface area contributed by atoms with E-state index in [9.17, 15) is 18.0 Å². The van der Waals surface area contributed by atoms with Gasteiger partial charge in [-0.15, -0.1) is 0 Å². The monoisotopic (exact) mass is 343 g/mol. The maximum atomic E-state index is 12.2. The van der Waals surface area contributed by atoms with Crippen LogP contribution in [0.15, 0.2) is 54.6 Å². The summed E-state index contributed by atoms with van der Waals surface area (Å²) >= 11 is 0. The lowest BCUT2D eigenvalue weighted by molar-refractivity contribution is -0.173. The van der Waals surface area contributed by atoms with Gasteiger partial charge in [-0.05, 0) is 34.2 Å². The van der Waals surface area contributed by atoms with Crippen LogP contribution >= 0.6 is 0 Å². The number of hydrogen-bond acceptors (Lipinski definition) is 1. The molecule has 2 nitrogen and oxygen atoms in total. The highest BCUT2D eigenvalue weighted by Crippen LogP contribution is 2.33. The van der Waals surface area contributed by atoms with E-state index >= 15 is 0 Å². The minimum Gasteiger partial charge on any atom is -0.348 e. The number of carbonyl (C=O) groups is 1. The van der Waals surface area contributed by atoms with Gasteiger partial charge in [-0.2, -0.15) is 13.2 Å². The number of fused-ring (bicyclic) bond motifs is 2. The summed E-state index contributed by atoms with van der Waals surface area (Å²) in [5.74, 6) is -1.91. The number of benzene rings is 2. The second-order valence-corrected chi connectivity index (χ2v) is 5.67. The van der Waals surface area contributed by atoms with Gasteiger partial charge in [0.15, 0.2) is 0 Å². The molecule has 0 aromatic heterocycles. The fourth-order valence-electron chi connectivity index (χ4n) is 2.82. The Morgan fingerprint density at radius 2 is 1.44 bits per heavy atom. The van der Waals surface area contributed by atoms with E-state index < -0.39 is 12.1 Å². The first-order chi connectivity index (χ1) is 12.0. The molecule has 1 aliphatic carbocycles. The van der Waals surface area contributed by atoms with Crippen molar-refractivity contribution in [1.29, 1.82) is 0 Å². The molecule has 3 rings (SSSR count). The van der Waals surface area contributed by atoms with Gasteiger partial charge in [-0.3, -0.25) is 4.79 Å². The van der Waals surface area contributed by atoms with Crippen LogP contribution in [0.1, 0.15) is 28.7 Å². The molecule has 0 spiro atoms. The van der Waals surface area contributed by atoms with Crippen molar-refractivity contribution in [3.63, 3.8) is 0 Å². The summed E-state index contributed by atoms with van der Waals surface area (Å²) in [5.41, 5.74) is 5.09. The Kier molecular flexibility index (Phi) is 4.74. The number of hydrogen-bond donors (Lipinski definition) is 1. The predicted octanol–water partition coefficient (Wildman–Crippen LogP) is 4.67. The van der Waals surface area contributed by atoms with Crippen LogP contribution in [0.25, 0.3) is 17.7 Å². The molecule has 5 heteroatoms. The third-order valence-corrected chi connectivity index (χ3v) is 3.98. The molecule has 0 radical (unpaired) electrons. The summed E-state index contributed by atoms with van der Waals surface area (Å²) in [6.45, 7) is -0.0698. The first kappa shape index (κ1) is 17.0. The molecule has 0 saturated carbocycles. The van der Waals surface area contributed by atoms with Crippen molar-refractivity contribution in [2.45, 2.75) is 12.6 Å². The lowest BCUT2D eigenvalue weighted by Gasteiger charge is -2.12.